The average molecular weight is 193 g/mol. The Morgan fingerprint density at radius 2 is 1.92 bits per heavy atom. The quantitative estimate of drug-likeness (QED) is 0.473. The number of aliphatic carboxylic acids is 1. The van der Waals surface area contributed by atoms with Crippen molar-refractivity contribution in [2.45, 2.75) is 38.1 Å². The van der Waals surface area contributed by atoms with Crippen molar-refractivity contribution < 1.29 is 20.5 Å². The molecule has 0 aliphatic rings. The lowest BCUT2D eigenvalue weighted by Gasteiger charge is -2.07. The molecule has 13 heavy (non-hydrogen) atoms. The summed E-state index contributed by atoms with van der Waals surface area (Å²) in [6.07, 6.45) is 3.37. The summed E-state index contributed by atoms with van der Waals surface area (Å²) in [7, 11) is 0. The molecule has 0 aromatic carbocycles. The molecule has 0 aliphatic carbocycles. The van der Waals surface area contributed by atoms with Gasteiger partial charge in [0.1, 0.15) is 0 Å². The SMILES string of the molecule is N[C@@H](CCCCCO)CC(=O)O.O. The van der Waals surface area contributed by atoms with E-state index in [4.69, 9.17) is 15.9 Å². The third-order valence-corrected chi connectivity index (χ3v) is 1.67. The maximum absolute atomic E-state index is 10.2. The predicted molar refractivity (Wildman–Crippen MR) is 49.4 cm³/mol. The van der Waals surface area contributed by atoms with E-state index in [2.05, 4.69) is 0 Å². The van der Waals surface area contributed by atoms with Crippen LogP contribution in [-0.2, 0) is 4.79 Å². The van der Waals surface area contributed by atoms with Gasteiger partial charge in [-0.25, -0.2) is 0 Å². The fraction of sp³-hybridized carbons (Fsp3) is 0.875. The molecule has 0 aliphatic heterocycles. The summed E-state index contributed by atoms with van der Waals surface area (Å²) in [6, 6.07) is -0.235. The molecule has 0 radical (unpaired) electrons. The van der Waals surface area contributed by atoms with Crippen LogP contribution in [0.5, 0.6) is 0 Å². The predicted octanol–water partition coefficient (Wildman–Crippen LogP) is -0.484. The minimum absolute atomic E-state index is 0. The maximum Gasteiger partial charge on any atom is 0.304 e. The number of hydrogen-bond donors (Lipinski definition) is 3. The van der Waals surface area contributed by atoms with Crippen LogP contribution < -0.4 is 5.73 Å². The molecule has 0 aromatic rings. The van der Waals surface area contributed by atoms with Crippen LogP contribution in [0.1, 0.15) is 32.1 Å². The third-order valence-electron chi connectivity index (χ3n) is 1.67. The van der Waals surface area contributed by atoms with E-state index >= 15 is 0 Å². The van der Waals surface area contributed by atoms with E-state index in [0.717, 1.165) is 25.7 Å². The van der Waals surface area contributed by atoms with Crippen molar-refractivity contribution in [3.63, 3.8) is 0 Å². The van der Waals surface area contributed by atoms with Crippen LogP contribution in [0.4, 0.5) is 0 Å². The molecule has 6 N–H and O–H groups in total. The molecule has 80 valence electrons. The summed E-state index contributed by atoms with van der Waals surface area (Å²) >= 11 is 0. The van der Waals surface area contributed by atoms with Gasteiger partial charge in [-0.05, 0) is 12.8 Å². The van der Waals surface area contributed by atoms with Crippen molar-refractivity contribution in [3.05, 3.63) is 0 Å². The number of carbonyl (C=O) groups is 1. The van der Waals surface area contributed by atoms with Gasteiger partial charge in [0.15, 0.2) is 0 Å². The second-order valence-electron chi connectivity index (χ2n) is 2.93. The number of unbranched alkanes of at least 4 members (excludes halogenated alkanes) is 2. The topological polar surface area (TPSA) is 115 Å². The van der Waals surface area contributed by atoms with Crippen molar-refractivity contribution in [1.29, 1.82) is 0 Å². The van der Waals surface area contributed by atoms with Crippen LogP contribution in [-0.4, -0.2) is 34.3 Å². The summed E-state index contributed by atoms with van der Waals surface area (Å²) in [5.41, 5.74) is 5.51. The molecule has 1 atom stereocenters. The number of aliphatic hydroxyl groups is 1. The van der Waals surface area contributed by atoms with Crippen molar-refractivity contribution in [2.24, 2.45) is 5.73 Å². The highest BCUT2D eigenvalue weighted by Crippen LogP contribution is 2.04. The van der Waals surface area contributed by atoms with E-state index in [9.17, 15) is 4.79 Å². The first-order valence-electron chi connectivity index (χ1n) is 4.25. The second kappa shape index (κ2) is 9.44. The standard InChI is InChI=1S/C8H17NO3.H2O/c9-7(6-8(11)12)4-2-1-3-5-10;/h7,10H,1-6,9H2,(H,11,12);1H2/t7-;/m0./s1. The Morgan fingerprint density at radius 3 is 2.38 bits per heavy atom. The summed E-state index contributed by atoms with van der Waals surface area (Å²) in [5.74, 6) is -0.843. The zero-order valence-corrected chi connectivity index (χ0v) is 7.70. The molecule has 0 saturated heterocycles. The number of hydrogen-bond acceptors (Lipinski definition) is 3. The van der Waals surface area contributed by atoms with Crippen LogP contribution in [0, 0.1) is 0 Å². The second-order valence-corrected chi connectivity index (χ2v) is 2.93. The Morgan fingerprint density at radius 1 is 1.31 bits per heavy atom. The third kappa shape index (κ3) is 11.3. The van der Waals surface area contributed by atoms with Crippen molar-refractivity contribution >= 4 is 5.97 Å². The largest absolute Gasteiger partial charge is 0.481 e. The highest BCUT2D eigenvalue weighted by molar-refractivity contribution is 5.67. The Labute approximate surface area is 77.9 Å². The number of carboxylic acids is 1. The normalized spacial score (nSPS) is 11.8. The fourth-order valence-electron chi connectivity index (χ4n) is 1.02. The summed E-state index contributed by atoms with van der Waals surface area (Å²) in [4.78, 5) is 10.2. The van der Waals surface area contributed by atoms with Crippen LogP contribution in [0.3, 0.4) is 0 Å². The number of nitrogens with two attached hydrogens (primary N) is 1. The van der Waals surface area contributed by atoms with Crippen LogP contribution in [0.15, 0.2) is 0 Å². The smallest absolute Gasteiger partial charge is 0.304 e. The first-order valence-corrected chi connectivity index (χ1v) is 4.25. The fourth-order valence-corrected chi connectivity index (χ4v) is 1.02. The van der Waals surface area contributed by atoms with Gasteiger partial charge in [-0.2, -0.15) is 0 Å². The van der Waals surface area contributed by atoms with Crippen molar-refractivity contribution in [3.8, 4) is 0 Å². The van der Waals surface area contributed by atoms with Gasteiger partial charge < -0.3 is 21.4 Å². The Kier molecular flexibility index (Phi) is 10.8. The Bertz CT molecular complexity index is 129. The molecule has 5 heteroatoms. The zero-order valence-electron chi connectivity index (χ0n) is 7.70. The van der Waals surface area contributed by atoms with Gasteiger partial charge in [0.05, 0.1) is 6.42 Å². The molecule has 0 spiro atoms. The first-order chi connectivity index (χ1) is 5.66. The Hall–Kier alpha value is -0.650. The van der Waals surface area contributed by atoms with Gasteiger partial charge in [-0.15, -0.1) is 0 Å². The van der Waals surface area contributed by atoms with Crippen LogP contribution in [0.2, 0.25) is 0 Å². The summed E-state index contributed by atoms with van der Waals surface area (Å²) < 4.78 is 0. The lowest BCUT2D eigenvalue weighted by molar-refractivity contribution is -0.137. The van der Waals surface area contributed by atoms with E-state index < -0.39 is 5.97 Å². The first kappa shape index (κ1) is 14.9. The molecule has 0 bridgehead atoms. The minimum atomic E-state index is -0.843. The molecule has 0 amide bonds. The van der Waals surface area contributed by atoms with E-state index in [1.807, 2.05) is 0 Å². The summed E-state index contributed by atoms with van der Waals surface area (Å²) in [5, 5.41) is 16.8. The number of aliphatic hydroxyl groups excluding tert-OH is 1. The molecule has 0 aromatic heterocycles. The molecular weight excluding hydrogens is 174 g/mol. The van der Waals surface area contributed by atoms with Crippen LogP contribution >= 0.6 is 0 Å². The van der Waals surface area contributed by atoms with Gasteiger partial charge in [0.25, 0.3) is 0 Å². The summed E-state index contributed by atoms with van der Waals surface area (Å²) in [6.45, 7) is 0.203. The highest BCUT2D eigenvalue weighted by Gasteiger charge is 2.06. The van der Waals surface area contributed by atoms with E-state index in [1.54, 1.807) is 0 Å². The van der Waals surface area contributed by atoms with Crippen molar-refractivity contribution in [1.82, 2.24) is 0 Å². The molecule has 0 unspecified atom stereocenters. The monoisotopic (exact) mass is 193 g/mol. The minimum Gasteiger partial charge on any atom is -0.481 e. The van der Waals surface area contributed by atoms with Crippen LogP contribution in [0.25, 0.3) is 0 Å². The van der Waals surface area contributed by atoms with Gasteiger partial charge in [0.2, 0.25) is 0 Å². The van der Waals surface area contributed by atoms with Crippen molar-refractivity contribution in [2.75, 3.05) is 6.61 Å². The van der Waals surface area contributed by atoms with E-state index in [0.29, 0.717) is 0 Å². The number of carboxylic acid groups (broad SMARTS) is 1. The molecule has 5 nitrogen and oxygen atoms in total. The number of rotatable bonds is 7. The molecule has 0 fully saturated rings. The lowest BCUT2D eigenvalue weighted by atomic mass is 10.1. The van der Waals surface area contributed by atoms with Gasteiger partial charge in [-0.3, -0.25) is 4.79 Å². The van der Waals surface area contributed by atoms with Gasteiger partial charge in [-0.1, -0.05) is 12.8 Å². The molecule has 0 heterocycles. The van der Waals surface area contributed by atoms with E-state index in [-0.39, 0.29) is 24.5 Å². The zero-order chi connectivity index (χ0) is 9.40. The Balaban J connectivity index is 0. The molecule has 0 saturated carbocycles. The highest BCUT2D eigenvalue weighted by atomic mass is 16.4. The van der Waals surface area contributed by atoms with E-state index in [1.165, 1.54) is 0 Å². The molecular formula is C8H19NO4. The lowest BCUT2D eigenvalue weighted by Crippen LogP contribution is -2.23. The van der Waals surface area contributed by atoms with Gasteiger partial charge >= 0.3 is 5.97 Å². The van der Waals surface area contributed by atoms with Gasteiger partial charge in [0, 0.05) is 12.6 Å². The maximum atomic E-state index is 10.2. The average Bonchev–Trinajstić information content (AvgIpc) is 1.97. The molecule has 0 rings (SSSR count).